The molecule has 0 N–H and O–H groups in total. The van der Waals surface area contributed by atoms with Crippen molar-refractivity contribution in [2.75, 3.05) is 0 Å². The van der Waals surface area contributed by atoms with Gasteiger partial charge in [-0.3, -0.25) is 0 Å². The summed E-state index contributed by atoms with van der Waals surface area (Å²) in [5, 5.41) is 0. The van der Waals surface area contributed by atoms with Crippen LogP contribution in [0.1, 0.15) is 46.5 Å². The molecule has 86 valence electrons. The zero-order chi connectivity index (χ0) is 11.1. The van der Waals surface area contributed by atoms with Crippen LogP contribution in [-0.2, 0) is 11.0 Å². The fraction of sp³-hybridized carbons (Fsp3) is 0.917. The van der Waals surface area contributed by atoms with Crippen molar-refractivity contribution in [3.63, 3.8) is 0 Å². The highest BCUT2D eigenvalue weighted by atomic mass is 32.2. The van der Waals surface area contributed by atoms with Gasteiger partial charge in [0.05, 0.1) is 4.75 Å². The standard InChI is InChI=1S/C12H21NOS/c1-12(2,3)15(14)13-8-11(9-4-5-9)10-6-7-10/h8-11H,4-7H2,1-3H3/b13-8+. The Hall–Kier alpha value is -0.180. The molecule has 0 heterocycles. The van der Waals surface area contributed by atoms with E-state index in [0.29, 0.717) is 5.92 Å². The number of hydrogen-bond acceptors (Lipinski definition) is 1. The van der Waals surface area contributed by atoms with E-state index in [1.165, 1.54) is 25.7 Å². The highest BCUT2D eigenvalue weighted by Crippen LogP contribution is 2.48. The van der Waals surface area contributed by atoms with Crippen LogP contribution in [0, 0.1) is 17.8 Å². The molecule has 1 atom stereocenters. The molecule has 0 amide bonds. The van der Waals surface area contributed by atoms with Crippen LogP contribution in [0.5, 0.6) is 0 Å². The minimum Gasteiger partial charge on any atom is -0.234 e. The summed E-state index contributed by atoms with van der Waals surface area (Å²) in [6.07, 6.45) is 7.44. The van der Waals surface area contributed by atoms with Crippen LogP contribution in [0.25, 0.3) is 0 Å². The van der Waals surface area contributed by atoms with E-state index in [1.807, 2.05) is 27.0 Å². The molecule has 1 unspecified atom stereocenters. The largest absolute Gasteiger partial charge is 0.234 e. The molecule has 3 heteroatoms. The van der Waals surface area contributed by atoms with E-state index in [9.17, 15) is 4.21 Å². The lowest BCUT2D eigenvalue weighted by Crippen LogP contribution is -2.20. The zero-order valence-corrected chi connectivity index (χ0v) is 10.7. The first-order valence-electron chi connectivity index (χ1n) is 5.94. The van der Waals surface area contributed by atoms with Crippen LogP contribution in [0.2, 0.25) is 0 Å². The van der Waals surface area contributed by atoms with Crippen molar-refractivity contribution in [3.8, 4) is 0 Å². The molecule has 0 spiro atoms. The van der Waals surface area contributed by atoms with Crippen LogP contribution < -0.4 is 0 Å². The Morgan fingerprint density at radius 3 is 2.00 bits per heavy atom. The average molecular weight is 227 g/mol. The smallest absolute Gasteiger partial charge is 0.144 e. The highest BCUT2D eigenvalue weighted by molar-refractivity contribution is 7.85. The lowest BCUT2D eigenvalue weighted by molar-refractivity contribution is 0.545. The number of rotatable bonds is 4. The Labute approximate surface area is 95.1 Å². The van der Waals surface area contributed by atoms with Crippen LogP contribution in [-0.4, -0.2) is 15.2 Å². The number of hydrogen-bond donors (Lipinski definition) is 0. The topological polar surface area (TPSA) is 29.4 Å². The second-order valence-electron chi connectivity index (χ2n) is 5.87. The molecule has 2 aliphatic carbocycles. The highest BCUT2D eigenvalue weighted by Gasteiger charge is 2.40. The first-order valence-corrected chi connectivity index (χ1v) is 7.05. The molecule has 0 aromatic heterocycles. The lowest BCUT2D eigenvalue weighted by Gasteiger charge is -2.14. The summed E-state index contributed by atoms with van der Waals surface area (Å²) >= 11 is 0. The molecule has 2 rings (SSSR count). The third kappa shape index (κ3) is 3.13. The molecular formula is C12H21NOS. The quantitative estimate of drug-likeness (QED) is 0.679. The predicted molar refractivity (Wildman–Crippen MR) is 65.3 cm³/mol. The summed E-state index contributed by atoms with van der Waals surface area (Å²) in [7, 11) is -1.07. The van der Waals surface area contributed by atoms with Crippen molar-refractivity contribution in [2.45, 2.75) is 51.2 Å². The monoisotopic (exact) mass is 227 g/mol. The Bertz CT molecular complexity index is 272. The maximum absolute atomic E-state index is 11.8. The minimum absolute atomic E-state index is 0.214. The van der Waals surface area contributed by atoms with Crippen molar-refractivity contribution in [2.24, 2.45) is 22.2 Å². The third-order valence-corrected chi connectivity index (χ3v) is 4.55. The van der Waals surface area contributed by atoms with Crippen molar-refractivity contribution in [1.82, 2.24) is 0 Å². The maximum atomic E-state index is 11.8. The van der Waals surface area contributed by atoms with E-state index < -0.39 is 11.0 Å². The summed E-state index contributed by atoms with van der Waals surface area (Å²) in [5.41, 5.74) is 0. The third-order valence-electron chi connectivity index (χ3n) is 3.19. The van der Waals surface area contributed by atoms with Crippen LogP contribution in [0.3, 0.4) is 0 Å². The van der Waals surface area contributed by atoms with Gasteiger partial charge in [-0.05, 0) is 58.3 Å². The zero-order valence-electron chi connectivity index (χ0n) is 9.90. The van der Waals surface area contributed by atoms with E-state index in [2.05, 4.69) is 4.40 Å². The Balaban J connectivity index is 1.93. The van der Waals surface area contributed by atoms with Crippen LogP contribution >= 0.6 is 0 Å². The van der Waals surface area contributed by atoms with Gasteiger partial charge in [0.15, 0.2) is 0 Å². The van der Waals surface area contributed by atoms with Gasteiger partial charge in [-0.1, -0.05) is 0 Å². The molecule has 0 aliphatic heterocycles. The molecule has 0 aromatic carbocycles. The first kappa shape index (κ1) is 11.3. The molecule has 2 nitrogen and oxygen atoms in total. The summed E-state index contributed by atoms with van der Waals surface area (Å²) in [6.45, 7) is 5.93. The Morgan fingerprint density at radius 1 is 1.20 bits per heavy atom. The fourth-order valence-electron chi connectivity index (χ4n) is 1.87. The van der Waals surface area contributed by atoms with Crippen molar-refractivity contribution >= 4 is 17.2 Å². The molecule has 2 fully saturated rings. The van der Waals surface area contributed by atoms with Gasteiger partial charge < -0.3 is 0 Å². The molecule has 2 aliphatic rings. The fourth-order valence-corrected chi connectivity index (χ4v) is 2.44. The normalized spacial score (nSPS) is 25.1. The van der Waals surface area contributed by atoms with Crippen LogP contribution in [0.15, 0.2) is 4.40 Å². The lowest BCUT2D eigenvalue weighted by atomic mass is 10.00. The van der Waals surface area contributed by atoms with Gasteiger partial charge in [0.25, 0.3) is 0 Å². The van der Waals surface area contributed by atoms with Gasteiger partial charge in [0.1, 0.15) is 11.0 Å². The summed E-state index contributed by atoms with van der Waals surface area (Å²) in [5.74, 6) is 2.35. The van der Waals surface area contributed by atoms with E-state index >= 15 is 0 Å². The Kier molecular flexibility index (Phi) is 3.02. The van der Waals surface area contributed by atoms with Gasteiger partial charge in [0.2, 0.25) is 0 Å². The minimum atomic E-state index is -1.07. The maximum Gasteiger partial charge on any atom is 0.144 e. The molecule has 15 heavy (non-hydrogen) atoms. The molecular weight excluding hydrogens is 206 g/mol. The molecule has 0 bridgehead atoms. The summed E-state index contributed by atoms with van der Waals surface area (Å²) < 4.78 is 15.8. The molecule has 0 aromatic rings. The van der Waals surface area contributed by atoms with Gasteiger partial charge >= 0.3 is 0 Å². The van der Waals surface area contributed by atoms with E-state index in [4.69, 9.17) is 0 Å². The van der Waals surface area contributed by atoms with Gasteiger partial charge in [0, 0.05) is 12.1 Å². The van der Waals surface area contributed by atoms with E-state index in [1.54, 1.807) is 0 Å². The predicted octanol–water partition coefficient (Wildman–Crippen LogP) is 2.96. The van der Waals surface area contributed by atoms with Crippen molar-refractivity contribution in [1.29, 1.82) is 0 Å². The average Bonchev–Trinajstić information content (AvgIpc) is 2.98. The molecule has 0 radical (unpaired) electrons. The summed E-state index contributed by atoms with van der Waals surface area (Å²) in [4.78, 5) is 0. The van der Waals surface area contributed by atoms with Gasteiger partial charge in [-0.2, -0.15) is 4.40 Å². The van der Waals surface area contributed by atoms with Gasteiger partial charge in [-0.25, -0.2) is 4.21 Å². The second kappa shape index (κ2) is 4.00. The summed E-state index contributed by atoms with van der Waals surface area (Å²) in [6, 6.07) is 0. The molecule has 2 saturated carbocycles. The molecule has 0 saturated heterocycles. The van der Waals surface area contributed by atoms with E-state index in [-0.39, 0.29) is 4.75 Å². The van der Waals surface area contributed by atoms with Crippen molar-refractivity contribution in [3.05, 3.63) is 0 Å². The SMILES string of the molecule is CC(C)(C)S(=O)/N=C/C(C1CC1)C1CC1. The van der Waals surface area contributed by atoms with Crippen LogP contribution in [0.4, 0.5) is 0 Å². The van der Waals surface area contributed by atoms with Crippen molar-refractivity contribution < 1.29 is 4.21 Å². The first-order chi connectivity index (χ1) is 6.98. The Morgan fingerprint density at radius 2 is 1.67 bits per heavy atom. The number of nitrogens with zero attached hydrogens (tertiary/aromatic N) is 1. The van der Waals surface area contributed by atoms with E-state index in [0.717, 1.165) is 11.8 Å². The van der Waals surface area contributed by atoms with Gasteiger partial charge in [-0.15, -0.1) is 0 Å². The second-order valence-corrected chi connectivity index (χ2v) is 7.80.